The fraction of sp³-hybridized carbons (Fsp3) is 0.217. The molecule has 1 heterocycles. The first-order chi connectivity index (χ1) is 14.5. The minimum absolute atomic E-state index is 0.252. The number of aromatic nitrogens is 1. The molecule has 0 unspecified atom stereocenters. The van der Waals surface area contributed by atoms with Crippen LogP contribution >= 0.6 is 11.3 Å². The van der Waals surface area contributed by atoms with Gasteiger partial charge in [-0.05, 0) is 61.9 Å². The third kappa shape index (κ3) is 5.18. The van der Waals surface area contributed by atoms with Gasteiger partial charge in [-0.15, -0.1) is 11.3 Å². The number of hydrogen-bond donors (Lipinski definition) is 1. The summed E-state index contributed by atoms with van der Waals surface area (Å²) in [6.45, 7) is 4.45. The second kappa shape index (κ2) is 9.93. The Morgan fingerprint density at radius 1 is 1.10 bits per heavy atom. The van der Waals surface area contributed by atoms with Crippen LogP contribution < -0.4 is 19.5 Å². The van der Waals surface area contributed by atoms with Crippen LogP contribution in [0.25, 0.3) is 17.3 Å². The normalized spacial score (nSPS) is 10.8. The quantitative estimate of drug-likeness (QED) is 0.504. The van der Waals surface area contributed by atoms with E-state index in [0.717, 1.165) is 27.4 Å². The van der Waals surface area contributed by atoms with Crippen molar-refractivity contribution in [3.05, 3.63) is 59.0 Å². The molecule has 0 spiro atoms. The van der Waals surface area contributed by atoms with Gasteiger partial charge < -0.3 is 14.2 Å². The van der Waals surface area contributed by atoms with Gasteiger partial charge in [0, 0.05) is 16.5 Å². The lowest BCUT2D eigenvalue weighted by atomic mass is 10.1. The monoisotopic (exact) mass is 424 g/mol. The maximum absolute atomic E-state index is 12.3. The molecule has 0 fully saturated rings. The van der Waals surface area contributed by atoms with Crippen molar-refractivity contribution in [1.29, 1.82) is 0 Å². The lowest BCUT2D eigenvalue weighted by Gasteiger charge is -2.09. The van der Waals surface area contributed by atoms with E-state index in [9.17, 15) is 4.79 Å². The number of nitrogens with one attached hydrogen (secondary N) is 1. The summed E-state index contributed by atoms with van der Waals surface area (Å²) in [6.07, 6.45) is 3.19. The van der Waals surface area contributed by atoms with Gasteiger partial charge in [0.15, 0.2) is 16.6 Å². The van der Waals surface area contributed by atoms with Crippen LogP contribution in [0.15, 0.2) is 48.5 Å². The Kier molecular flexibility index (Phi) is 7.08. The Labute approximate surface area is 180 Å². The van der Waals surface area contributed by atoms with Crippen molar-refractivity contribution in [2.24, 2.45) is 0 Å². The van der Waals surface area contributed by atoms with Gasteiger partial charge >= 0.3 is 0 Å². The van der Waals surface area contributed by atoms with Gasteiger partial charge in [0.05, 0.1) is 26.5 Å². The van der Waals surface area contributed by atoms with Crippen LogP contribution in [-0.2, 0) is 4.79 Å². The molecular weight excluding hydrogens is 400 g/mol. The average molecular weight is 425 g/mol. The summed E-state index contributed by atoms with van der Waals surface area (Å²) in [4.78, 5) is 17.9. The topological polar surface area (TPSA) is 69.7 Å². The van der Waals surface area contributed by atoms with Crippen molar-refractivity contribution in [2.75, 3.05) is 26.1 Å². The maximum Gasteiger partial charge on any atom is 0.250 e. The van der Waals surface area contributed by atoms with E-state index in [-0.39, 0.29) is 5.91 Å². The van der Waals surface area contributed by atoms with Crippen LogP contribution in [0, 0.1) is 6.92 Å². The Hall–Kier alpha value is -3.32. The number of carbonyl (C=O) groups excluding carboxylic acids is 1. The van der Waals surface area contributed by atoms with E-state index in [2.05, 4.69) is 10.3 Å². The Bertz CT molecular complexity index is 1040. The third-order valence-corrected chi connectivity index (χ3v) is 5.19. The molecule has 156 valence electrons. The summed E-state index contributed by atoms with van der Waals surface area (Å²) in [6, 6.07) is 13.2. The number of thiazole rings is 1. The number of carbonyl (C=O) groups is 1. The number of anilines is 1. The molecule has 0 aliphatic heterocycles. The average Bonchev–Trinajstić information content (AvgIpc) is 3.13. The molecule has 0 radical (unpaired) electrons. The van der Waals surface area contributed by atoms with E-state index in [0.29, 0.717) is 23.2 Å². The molecule has 0 aliphatic rings. The summed E-state index contributed by atoms with van der Waals surface area (Å²) < 4.78 is 16.0. The first-order valence-electron chi connectivity index (χ1n) is 9.45. The second-order valence-electron chi connectivity index (χ2n) is 6.32. The molecule has 7 heteroatoms. The minimum atomic E-state index is -0.252. The van der Waals surface area contributed by atoms with E-state index in [4.69, 9.17) is 14.2 Å². The van der Waals surface area contributed by atoms with Crippen molar-refractivity contribution in [3.8, 4) is 28.5 Å². The van der Waals surface area contributed by atoms with Crippen molar-refractivity contribution in [2.45, 2.75) is 13.8 Å². The highest BCUT2D eigenvalue weighted by atomic mass is 32.1. The number of hydrogen-bond acceptors (Lipinski definition) is 6. The predicted octanol–water partition coefficient (Wildman–Crippen LogP) is 5.19. The predicted molar refractivity (Wildman–Crippen MR) is 121 cm³/mol. The highest BCUT2D eigenvalue weighted by molar-refractivity contribution is 7.16. The van der Waals surface area contributed by atoms with E-state index in [1.165, 1.54) is 17.4 Å². The molecule has 0 saturated carbocycles. The van der Waals surface area contributed by atoms with Crippen molar-refractivity contribution in [3.63, 3.8) is 0 Å². The van der Waals surface area contributed by atoms with E-state index >= 15 is 0 Å². The number of benzene rings is 2. The number of methoxy groups -OCH3 is 2. The molecule has 0 bridgehead atoms. The summed E-state index contributed by atoms with van der Waals surface area (Å²) in [5.41, 5.74) is 2.65. The fourth-order valence-electron chi connectivity index (χ4n) is 2.85. The van der Waals surface area contributed by atoms with Crippen LogP contribution in [-0.4, -0.2) is 31.7 Å². The van der Waals surface area contributed by atoms with Crippen LogP contribution in [0.4, 0.5) is 5.13 Å². The summed E-state index contributed by atoms with van der Waals surface area (Å²) in [7, 11) is 3.22. The van der Waals surface area contributed by atoms with Gasteiger partial charge in [-0.3, -0.25) is 10.1 Å². The molecule has 1 amide bonds. The SMILES string of the molecule is CCOc1ccc(/C=C/C(=O)Nc2nc(-c3ccc(OC)cc3)c(C)s2)cc1OC. The molecular formula is C23H24N2O4S. The minimum Gasteiger partial charge on any atom is -0.497 e. The molecule has 3 rings (SSSR count). The zero-order chi connectivity index (χ0) is 21.5. The van der Waals surface area contributed by atoms with Gasteiger partial charge in [0.25, 0.3) is 0 Å². The number of aryl methyl sites for hydroxylation is 1. The Morgan fingerprint density at radius 2 is 1.87 bits per heavy atom. The zero-order valence-corrected chi connectivity index (χ0v) is 18.2. The Balaban J connectivity index is 1.69. The molecule has 1 N–H and O–H groups in total. The van der Waals surface area contributed by atoms with Crippen LogP contribution in [0.3, 0.4) is 0 Å². The molecule has 1 aromatic heterocycles. The van der Waals surface area contributed by atoms with Crippen molar-refractivity contribution in [1.82, 2.24) is 4.98 Å². The first-order valence-corrected chi connectivity index (χ1v) is 10.3. The molecule has 30 heavy (non-hydrogen) atoms. The number of ether oxygens (including phenoxy) is 3. The van der Waals surface area contributed by atoms with Gasteiger partial charge in [-0.1, -0.05) is 6.07 Å². The van der Waals surface area contributed by atoms with Crippen LogP contribution in [0.5, 0.6) is 17.2 Å². The zero-order valence-electron chi connectivity index (χ0n) is 17.4. The number of nitrogens with zero attached hydrogens (tertiary/aromatic N) is 1. The molecule has 0 saturated heterocycles. The molecule has 6 nitrogen and oxygen atoms in total. The van der Waals surface area contributed by atoms with E-state index in [1.807, 2.05) is 56.3 Å². The van der Waals surface area contributed by atoms with Gasteiger partial charge in [0.1, 0.15) is 5.75 Å². The van der Waals surface area contributed by atoms with Gasteiger partial charge in [0.2, 0.25) is 5.91 Å². The molecule has 0 aliphatic carbocycles. The first kappa shape index (κ1) is 21.4. The van der Waals surface area contributed by atoms with Crippen molar-refractivity contribution < 1.29 is 19.0 Å². The smallest absolute Gasteiger partial charge is 0.250 e. The van der Waals surface area contributed by atoms with Gasteiger partial charge in [-0.25, -0.2) is 4.98 Å². The number of rotatable bonds is 8. The van der Waals surface area contributed by atoms with Gasteiger partial charge in [-0.2, -0.15) is 0 Å². The maximum atomic E-state index is 12.3. The highest BCUT2D eigenvalue weighted by Crippen LogP contribution is 2.31. The lowest BCUT2D eigenvalue weighted by molar-refractivity contribution is -0.111. The van der Waals surface area contributed by atoms with Crippen LogP contribution in [0.1, 0.15) is 17.4 Å². The second-order valence-corrected chi connectivity index (χ2v) is 7.52. The lowest BCUT2D eigenvalue weighted by Crippen LogP contribution is -2.07. The molecule has 0 atom stereocenters. The standard InChI is InChI=1S/C23H24N2O4S/c1-5-29-19-12-6-16(14-20(19)28-4)7-13-21(26)24-23-25-22(15(2)30-23)17-8-10-18(27-3)11-9-17/h6-14H,5H2,1-4H3,(H,24,25,26)/b13-7+. The third-order valence-electron chi connectivity index (χ3n) is 4.30. The van der Waals surface area contributed by atoms with E-state index < -0.39 is 0 Å². The molecule has 3 aromatic rings. The molecule has 2 aromatic carbocycles. The van der Waals surface area contributed by atoms with E-state index in [1.54, 1.807) is 20.3 Å². The Morgan fingerprint density at radius 3 is 2.53 bits per heavy atom. The summed E-state index contributed by atoms with van der Waals surface area (Å²) in [5.74, 6) is 1.83. The van der Waals surface area contributed by atoms with Crippen molar-refractivity contribution >= 4 is 28.5 Å². The summed E-state index contributed by atoms with van der Waals surface area (Å²) >= 11 is 1.44. The summed E-state index contributed by atoms with van der Waals surface area (Å²) in [5, 5.41) is 3.38. The number of amides is 1. The fourth-order valence-corrected chi connectivity index (χ4v) is 3.69. The largest absolute Gasteiger partial charge is 0.497 e. The highest BCUT2D eigenvalue weighted by Gasteiger charge is 2.11. The van der Waals surface area contributed by atoms with Crippen LogP contribution in [0.2, 0.25) is 0 Å².